The fourth-order valence-corrected chi connectivity index (χ4v) is 2.50. The van der Waals surface area contributed by atoms with E-state index >= 15 is 0 Å². The van der Waals surface area contributed by atoms with Gasteiger partial charge in [0, 0.05) is 16.8 Å². The number of para-hydroxylation sites is 1. The molecule has 0 aliphatic rings. The first kappa shape index (κ1) is 15.7. The molecule has 0 spiro atoms. The second-order valence-electron chi connectivity index (χ2n) is 4.14. The molecule has 0 bridgehead atoms. The summed E-state index contributed by atoms with van der Waals surface area (Å²) in [7, 11) is 0. The van der Waals surface area contributed by atoms with Gasteiger partial charge in [-0.3, -0.25) is 4.99 Å². The zero-order chi connectivity index (χ0) is 15.4. The zero-order valence-electron chi connectivity index (χ0n) is 11.2. The molecule has 2 aromatic rings. The third kappa shape index (κ3) is 3.68. The summed E-state index contributed by atoms with van der Waals surface area (Å²) < 4.78 is 5.75. The molecule has 2 aromatic carbocycles. The van der Waals surface area contributed by atoms with Crippen LogP contribution >= 0.6 is 27.5 Å². The normalized spacial score (nSPS) is 11.0. The number of phenolic OH excluding ortho intramolecular Hbond substituents is 2. The molecule has 0 saturated carbocycles. The van der Waals surface area contributed by atoms with E-state index in [0.29, 0.717) is 33.1 Å². The van der Waals surface area contributed by atoms with Gasteiger partial charge < -0.3 is 14.9 Å². The van der Waals surface area contributed by atoms with Crippen molar-refractivity contribution in [1.29, 1.82) is 0 Å². The van der Waals surface area contributed by atoms with Crippen LogP contribution in [-0.2, 0) is 0 Å². The summed E-state index contributed by atoms with van der Waals surface area (Å²) >= 11 is 9.11. The van der Waals surface area contributed by atoms with E-state index < -0.39 is 0 Å². The van der Waals surface area contributed by atoms with Gasteiger partial charge in [0.1, 0.15) is 5.69 Å². The Hall–Kier alpha value is -1.72. The van der Waals surface area contributed by atoms with Crippen molar-refractivity contribution in [1.82, 2.24) is 0 Å². The van der Waals surface area contributed by atoms with Gasteiger partial charge in [-0.1, -0.05) is 17.7 Å². The maximum absolute atomic E-state index is 10.1. The number of aromatic hydroxyl groups is 2. The maximum atomic E-state index is 10.1. The fraction of sp³-hybridized carbons (Fsp3) is 0.133. The van der Waals surface area contributed by atoms with Crippen molar-refractivity contribution >= 4 is 39.4 Å². The number of aliphatic imine (C=N–C) groups is 1. The molecule has 21 heavy (non-hydrogen) atoms. The van der Waals surface area contributed by atoms with E-state index in [0.717, 1.165) is 0 Å². The summed E-state index contributed by atoms with van der Waals surface area (Å²) in [6.45, 7) is 2.29. The minimum Gasteiger partial charge on any atom is -0.505 e. The van der Waals surface area contributed by atoms with Gasteiger partial charge in [-0.25, -0.2) is 0 Å². The van der Waals surface area contributed by atoms with Crippen molar-refractivity contribution in [2.45, 2.75) is 6.92 Å². The first-order chi connectivity index (χ1) is 10.0. The predicted molar refractivity (Wildman–Crippen MR) is 87.3 cm³/mol. The summed E-state index contributed by atoms with van der Waals surface area (Å²) in [5.74, 6) is 0.373. The molecule has 0 atom stereocenters. The van der Waals surface area contributed by atoms with Gasteiger partial charge in [-0.2, -0.15) is 0 Å². The van der Waals surface area contributed by atoms with Crippen LogP contribution < -0.4 is 4.74 Å². The Labute approximate surface area is 135 Å². The van der Waals surface area contributed by atoms with Crippen LogP contribution in [0, 0.1) is 0 Å². The first-order valence-electron chi connectivity index (χ1n) is 6.19. The van der Waals surface area contributed by atoms with Crippen molar-refractivity contribution in [3.05, 3.63) is 45.4 Å². The molecule has 0 amide bonds. The summed E-state index contributed by atoms with van der Waals surface area (Å²) in [6, 6.07) is 8.21. The minimum absolute atomic E-state index is 0.00341. The molecule has 0 heterocycles. The number of phenols is 2. The van der Waals surface area contributed by atoms with Crippen molar-refractivity contribution < 1.29 is 14.9 Å². The smallest absolute Gasteiger partial charge is 0.166 e. The Morgan fingerprint density at radius 1 is 1.29 bits per heavy atom. The molecular formula is C15H13BrClNO3. The average molecular weight is 371 g/mol. The molecular weight excluding hydrogens is 358 g/mol. The lowest BCUT2D eigenvalue weighted by Gasteiger charge is -2.07. The topological polar surface area (TPSA) is 62.0 Å². The molecule has 4 nitrogen and oxygen atoms in total. The van der Waals surface area contributed by atoms with Crippen LogP contribution in [0.3, 0.4) is 0 Å². The lowest BCUT2D eigenvalue weighted by Crippen LogP contribution is -1.93. The fourth-order valence-electron chi connectivity index (χ4n) is 1.71. The number of rotatable bonds is 4. The van der Waals surface area contributed by atoms with Gasteiger partial charge in [0.25, 0.3) is 0 Å². The summed E-state index contributed by atoms with van der Waals surface area (Å²) in [4.78, 5) is 4.15. The highest BCUT2D eigenvalue weighted by Crippen LogP contribution is 2.37. The Morgan fingerprint density at radius 3 is 2.76 bits per heavy atom. The standard InChI is InChI=1S/C15H13BrClNO3/c1-2-21-13-5-3-4-9(14(13)19)8-18-12-7-10(17)6-11(16)15(12)20/h3-8,19-20H,2H2,1H3. The predicted octanol–water partition coefficient (Wildman–Crippen LogP) is 4.66. The highest BCUT2D eigenvalue weighted by molar-refractivity contribution is 9.10. The maximum Gasteiger partial charge on any atom is 0.166 e. The van der Waals surface area contributed by atoms with E-state index in [1.807, 2.05) is 6.92 Å². The Bertz CT molecular complexity index is 689. The number of hydrogen-bond donors (Lipinski definition) is 2. The number of halogens is 2. The number of hydrogen-bond acceptors (Lipinski definition) is 4. The van der Waals surface area contributed by atoms with Crippen LogP contribution in [0.25, 0.3) is 0 Å². The second kappa shape index (κ2) is 6.83. The second-order valence-corrected chi connectivity index (χ2v) is 5.43. The minimum atomic E-state index is -0.0175. The molecule has 0 fully saturated rings. The Morgan fingerprint density at radius 2 is 2.05 bits per heavy atom. The first-order valence-corrected chi connectivity index (χ1v) is 7.37. The van der Waals surface area contributed by atoms with Crippen LogP contribution in [0.15, 0.2) is 39.8 Å². The zero-order valence-corrected chi connectivity index (χ0v) is 13.5. The van der Waals surface area contributed by atoms with Crippen molar-refractivity contribution in [2.24, 2.45) is 4.99 Å². The van der Waals surface area contributed by atoms with E-state index in [2.05, 4.69) is 20.9 Å². The average Bonchev–Trinajstić information content (AvgIpc) is 2.45. The van der Waals surface area contributed by atoms with Crippen LogP contribution in [0.4, 0.5) is 5.69 Å². The third-order valence-electron chi connectivity index (χ3n) is 2.68. The molecule has 0 saturated heterocycles. The lowest BCUT2D eigenvalue weighted by atomic mass is 10.2. The molecule has 0 radical (unpaired) electrons. The Kier molecular flexibility index (Phi) is 5.09. The molecule has 0 aliphatic heterocycles. The largest absolute Gasteiger partial charge is 0.505 e. The van der Waals surface area contributed by atoms with Gasteiger partial charge in [0.05, 0.1) is 11.1 Å². The molecule has 2 rings (SSSR count). The summed E-state index contributed by atoms with van der Waals surface area (Å²) in [5, 5.41) is 20.4. The van der Waals surface area contributed by atoms with Gasteiger partial charge in [-0.15, -0.1) is 0 Å². The van der Waals surface area contributed by atoms with E-state index in [-0.39, 0.29) is 11.5 Å². The molecule has 0 aliphatic carbocycles. The summed E-state index contributed by atoms with van der Waals surface area (Å²) in [6.07, 6.45) is 1.44. The van der Waals surface area contributed by atoms with E-state index in [1.54, 1.807) is 24.3 Å². The number of benzene rings is 2. The summed E-state index contributed by atoms with van der Waals surface area (Å²) in [5.41, 5.74) is 0.784. The lowest BCUT2D eigenvalue weighted by molar-refractivity contribution is 0.318. The van der Waals surface area contributed by atoms with Crippen molar-refractivity contribution in [3.8, 4) is 17.2 Å². The van der Waals surface area contributed by atoms with E-state index in [9.17, 15) is 10.2 Å². The molecule has 2 N–H and O–H groups in total. The highest BCUT2D eigenvalue weighted by atomic mass is 79.9. The third-order valence-corrected chi connectivity index (χ3v) is 3.50. The van der Waals surface area contributed by atoms with Crippen LogP contribution in [-0.4, -0.2) is 23.0 Å². The SMILES string of the molecule is CCOc1cccc(C=Nc2cc(Cl)cc(Br)c2O)c1O. The van der Waals surface area contributed by atoms with Gasteiger partial charge >= 0.3 is 0 Å². The molecule has 0 aromatic heterocycles. The Balaban J connectivity index is 2.36. The molecule has 110 valence electrons. The number of nitrogens with zero attached hydrogens (tertiary/aromatic N) is 1. The van der Waals surface area contributed by atoms with Crippen LogP contribution in [0.5, 0.6) is 17.2 Å². The number of ether oxygens (including phenoxy) is 1. The van der Waals surface area contributed by atoms with E-state index in [4.69, 9.17) is 16.3 Å². The van der Waals surface area contributed by atoms with Crippen LogP contribution in [0.1, 0.15) is 12.5 Å². The van der Waals surface area contributed by atoms with Gasteiger partial charge in [-0.05, 0) is 47.1 Å². The quantitative estimate of drug-likeness (QED) is 0.769. The monoisotopic (exact) mass is 369 g/mol. The van der Waals surface area contributed by atoms with E-state index in [1.165, 1.54) is 12.3 Å². The van der Waals surface area contributed by atoms with Gasteiger partial charge in [0.2, 0.25) is 0 Å². The molecule has 0 unspecified atom stereocenters. The van der Waals surface area contributed by atoms with Gasteiger partial charge in [0.15, 0.2) is 17.2 Å². The van der Waals surface area contributed by atoms with Crippen molar-refractivity contribution in [3.63, 3.8) is 0 Å². The highest BCUT2D eigenvalue weighted by Gasteiger charge is 2.08. The van der Waals surface area contributed by atoms with Crippen molar-refractivity contribution in [2.75, 3.05) is 6.61 Å². The van der Waals surface area contributed by atoms with Crippen LogP contribution in [0.2, 0.25) is 5.02 Å². The molecule has 6 heteroatoms.